The first-order valence-corrected chi connectivity index (χ1v) is 2.19. The van der Waals surface area contributed by atoms with Crippen LogP contribution in [-0.2, 0) is 11.1 Å². The molecule has 0 saturated heterocycles. The molecule has 0 fully saturated rings. The summed E-state index contributed by atoms with van der Waals surface area (Å²) in [6, 6.07) is 0. The molecule has 0 aliphatic rings. The molecular formula is CH10F2MgO5S. The summed E-state index contributed by atoms with van der Waals surface area (Å²) in [6.07, 6.45) is 0. The quantitative estimate of drug-likeness (QED) is 0.377. The van der Waals surface area contributed by atoms with Gasteiger partial charge in [-0.2, -0.15) is 8.78 Å². The molecule has 66 valence electrons. The minimum atomic E-state index is -3.12. The number of halogens is 2. The van der Waals surface area contributed by atoms with Crippen LogP contribution in [-0.4, -0.2) is 54.0 Å². The van der Waals surface area contributed by atoms with E-state index < -0.39 is 16.8 Å². The van der Waals surface area contributed by atoms with Gasteiger partial charge >= 0.3 is 28.8 Å². The van der Waals surface area contributed by atoms with E-state index in [-0.39, 0.29) is 42.3 Å². The van der Waals surface area contributed by atoms with E-state index in [1.54, 1.807) is 0 Å². The standard InChI is InChI=1S/CH2F2O2S.Mg.3H2O.2H/c2-1(3)6(4)5;;;;;;/h1H,(H,4,5);;3*1H2;;/q;+2;;;;2*-1. The molecule has 0 bridgehead atoms. The van der Waals surface area contributed by atoms with Gasteiger partial charge in [0.15, 0.2) is 0 Å². The van der Waals surface area contributed by atoms with Crippen molar-refractivity contribution in [1.82, 2.24) is 0 Å². The second-order valence-corrected chi connectivity index (χ2v) is 1.45. The predicted octanol–water partition coefficient (Wildman–Crippen LogP) is -2.20. The van der Waals surface area contributed by atoms with Gasteiger partial charge in [-0.15, -0.1) is 0 Å². The molecular weight excluding hydrogens is 186 g/mol. The maximum atomic E-state index is 10.6. The van der Waals surface area contributed by atoms with Gasteiger partial charge in [-0.25, -0.2) is 4.21 Å². The second-order valence-electron chi connectivity index (χ2n) is 0.537. The average Bonchev–Trinajstić information content (AvgIpc) is 1.36. The fourth-order valence-corrected chi connectivity index (χ4v) is 0. The van der Waals surface area contributed by atoms with Crippen LogP contribution in [0.15, 0.2) is 0 Å². The van der Waals surface area contributed by atoms with Crippen LogP contribution in [0.25, 0.3) is 0 Å². The third-order valence-electron chi connectivity index (χ3n) is 0.152. The van der Waals surface area contributed by atoms with Gasteiger partial charge in [0.2, 0.25) is 11.1 Å². The van der Waals surface area contributed by atoms with E-state index in [4.69, 9.17) is 8.76 Å². The maximum Gasteiger partial charge on any atom is 2.00 e. The van der Waals surface area contributed by atoms with Crippen LogP contribution in [0.5, 0.6) is 0 Å². The zero-order valence-corrected chi connectivity index (χ0v) is 7.03. The van der Waals surface area contributed by atoms with Crippen LogP contribution in [0.1, 0.15) is 2.85 Å². The largest absolute Gasteiger partial charge is 2.00 e. The normalized spacial score (nSPS) is 9.20. The van der Waals surface area contributed by atoms with Gasteiger partial charge in [0.1, 0.15) is 0 Å². The Morgan fingerprint density at radius 2 is 1.40 bits per heavy atom. The summed E-state index contributed by atoms with van der Waals surface area (Å²) in [4.78, 5) is 0. The molecule has 0 aromatic carbocycles. The summed E-state index contributed by atoms with van der Waals surface area (Å²) < 4.78 is 37.6. The van der Waals surface area contributed by atoms with Crippen molar-refractivity contribution in [3.05, 3.63) is 0 Å². The van der Waals surface area contributed by atoms with Gasteiger partial charge in [-0.05, 0) is 0 Å². The van der Waals surface area contributed by atoms with Gasteiger partial charge in [-0.1, -0.05) is 0 Å². The molecule has 0 spiro atoms. The first-order valence-electron chi connectivity index (χ1n) is 1.02. The Bertz CT molecular complexity index is 78.5. The Labute approximate surface area is 77.1 Å². The molecule has 1 atom stereocenters. The van der Waals surface area contributed by atoms with E-state index in [2.05, 4.69) is 0 Å². The predicted molar refractivity (Wildman–Crippen MR) is 35.6 cm³/mol. The molecule has 0 aliphatic carbocycles. The smallest absolute Gasteiger partial charge is 1.00 e. The van der Waals surface area contributed by atoms with Crippen molar-refractivity contribution in [2.75, 3.05) is 0 Å². The maximum absolute atomic E-state index is 10.6. The van der Waals surface area contributed by atoms with Crippen LogP contribution < -0.4 is 0 Å². The van der Waals surface area contributed by atoms with E-state index in [1.807, 2.05) is 0 Å². The monoisotopic (exact) mass is 196 g/mol. The fourth-order valence-electron chi connectivity index (χ4n) is 0. The number of alkyl halides is 2. The van der Waals surface area contributed by atoms with Gasteiger partial charge in [0, 0.05) is 0 Å². The molecule has 9 heteroatoms. The van der Waals surface area contributed by atoms with Gasteiger partial charge in [0.05, 0.1) is 0 Å². The van der Waals surface area contributed by atoms with Gasteiger partial charge in [0.25, 0.3) is 0 Å². The summed E-state index contributed by atoms with van der Waals surface area (Å²) in [5.74, 6) is -3.12. The summed E-state index contributed by atoms with van der Waals surface area (Å²) in [6.45, 7) is 0. The molecule has 10 heavy (non-hydrogen) atoms. The zero-order valence-electron chi connectivity index (χ0n) is 6.80. The summed E-state index contributed by atoms with van der Waals surface area (Å²) in [7, 11) is 0. The second kappa shape index (κ2) is 16.3. The first-order chi connectivity index (χ1) is 2.64. The Balaban J connectivity index is -0.00000000833. The van der Waals surface area contributed by atoms with Crippen molar-refractivity contribution < 1.29 is 36.8 Å². The Kier molecular flexibility index (Phi) is 50.8. The number of hydrogen-bond acceptors (Lipinski definition) is 1. The number of rotatable bonds is 1. The van der Waals surface area contributed by atoms with Crippen molar-refractivity contribution in [3.63, 3.8) is 0 Å². The molecule has 0 aromatic rings. The van der Waals surface area contributed by atoms with Gasteiger partial charge in [-0.3, -0.25) is 0 Å². The zero-order chi connectivity index (χ0) is 5.15. The van der Waals surface area contributed by atoms with Crippen LogP contribution in [0, 0.1) is 0 Å². The van der Waals surface area contributed by atoms with Crippen LogP contribution in [0.3, 0.4) is 0 Å². The van der Waals surface area contributed by atoms with E-state index in [0.717, 1.165) is 0 Å². The fraction of sp³-hybridized carbons (Fsp3) is 1.00. The van der Waals surface area contributed by atoms with E-state index in [0.29, 0.717) is 0 Å². The topological polar surface area (TPSA) is 132 Å². The Hall–Kier alpha value is 0.616. The van der Waals surface area contributed by atoms with Crippen LogP contribution in [0.4, 0.5) is 8.78 Å². The number of hydrogen-bond donors (Lipinski definition) is 1. The van der Waals surface area contributed by atoms with Crippen molar-refractivity contribution >= 4 is 34.1 Å². The third-order valence-corrected chi connectivity index (χ3v) is 0.457. The Morgan fingerprint density at radius 1 is 1.30 bits per heavy atom. The molecule has 1 unspecified atom stereocenters. The van der Waals surface area contributed by atoms with Crippen molar-refractivity contribution in [2.24, 2.45) is 0 Å². The third kappa shape index (κ3) is 23.5. The molecule has 0 rings (SSSR count). The molecule has 0 saturated carbocycles. The average molecular weight is 196 g/mol. The van der Waals surface area contributed by atoms with Crippen LogP contribution in [0.2, 0.25) is 0 Å². The van der Waals surface area contributed by atoms with Crippen molar-refractivity contribution in [2.45, 2.75) is 5.76 Å². The molecule has 0 aliphatic heterocycles. The molecule has 0 radical (unpaired) electrons. The van der Waals surface area contributed by atoms with E-state index in [9.17, 15) is 8.78 Å². The molecule has 0 aromatic heterocycles. The van der Waals surface area contributed by atoms with Crippen molar-refractivity contribution in [3.8, 4) is 0 Å². The molecule has 5 nitrogen and oxygen atoms in total. The summed E-state index contributed by atoms with van der Waals surface area (Å²) in [5, 5.41) is 0. The minimum absolute atomic E-state index is 0. The Morgan fingerprint density at radius 3 is 1.40 bits per heavy atom. The van der Waals surface area contributed by atoms with E-state index in [1.165, 1.54) is 0 Å². The SMILES string of the molecule is O.O.O.O=S(O)C(F)F.[H-].[H-].[Mg+2]. The minimum Gasteiger partial charge on any atom is -1.00 e. The van der Waals surface area contributed by atoms with Crippen molar-refractivity contribution in [1.29, 1.82) is 0 Å². The first kappa shape index (κ1) is 31.1. The summed E-state index contributed by atoms with van der Waals surface area (Å²) in [5.41, 5.74) is 0. The van der Waals surface area contributed by atoms with E-state index >= 15 is 0 Å². The molecule has 7 N–H and O–H groups in total. The van der Waals surface area contributed by atoms with Crippen LogP contribution >= 0.6 is 0 Å². The molecule has 0 amide bonds. The summed E-state index contributed by atoms with van der Waals surface area (Å²) >= 11 is -2.95. The molecule has 0 heterocycles. The van der Waals surface area contributed by atoms with Gasteiger partial charge < -0.3 is 23.8 Å².